The minimum absolute atomic E-state index is 0.828. The highest BCUT2D eigenvalue weighted by Gasteiger charge is 2.36. The van der Waals surface area contributed by atoms with Crippen LogP contribution in [-0.2, 0) is 0 Å². The Morgan fingerprint density at radius 1 is 1.07 bits per heavy atom. The van der Waals surface area contributed by atoms with Crippen LogP contribution >= 0.6 is 0 Å². The lowest BCUT2D eigenvalue weighted by atomic mass is 9.62. The van der Waals surface area contributed by atoms with Crippen molar-refractivity contribution in [1.82, 2.24) is 0 Å². The molecule has 0 heteroatoms. The summed E-state index contributed by atoms with van der Waals surface area (Å²) >= 11 is 0. The Morgan fingerprint density at radius 3 is 2.21 bits per heavy atom. The minimum atomic E-state index is 0.828. The molecule has 0 aromatic rings. The van der Waals surface area contributed by atoms with Gasteiger partial charge < -0.3 is 0 Å². The third kappa shape index (κ3) is 1.89. The molecule has 0 radical (unpaired) electrons. The molecule has 0 aliphatic heterocycles. The highest BCUT2D eigenvalue weighted by Crippen LogP contribution is 2.46. The molecule has 2 fully saturated rings. The highest BCUT2D eigenvalue weighted by atomic mass is 14.4. The van der Waals surface area contributed by atoms with Crippen molar-refractivity contribution in [3.8, 4) is 0 Å². The monoisotopic (exact) mass is 192 g/mol. The van der Waals surface area contributed by atoms with Gasteiger partial charge in [-0.05, 0) is 43.4 Å². The van der Waals surface area contributed by atoms with E-state index >= 15 is 0 Å². The molecule has 14 heavy (non-hydrogen) atoms. The van der Waals surface area contributed by atoms with E-state index in [1.54, 1.807) is 0 Å². The summed E-state index contributed by atoms with van der Waals surface area (Å²) < 4.78 is 0. The quantitative estimate of drug-likeness (QED) is 0.540. The van der Waals surface area contributed by atoms with Crippen molar-refractivity contribution in [3.63, 3.8) is 0 Å². The van der Waals surface area contributed by atoms with Crippen molar-refractivity contribution in [3.05, 3.63) is 12.2 Å². The number of allylic oxidation sites excluding steroid dienone is 1. The largest absolute Gasteiger partial charge is 0.0999 e. The van der Waals surface area contributed by atoms with E-state index in [1.807, 2.05) is 0 Å². The molecule has 0 amide bonds. The van der Waals surface area contributed by atoms with Gasteiger partial charge in [0.05, 0.1) is 0 Å². The Balaban J connectivity index is 2.03. The maximum atomic E-state index is 4.17. The van der Waals surface area contributed by atoms with Crippen LogP contribution in [0.4, 0.5) is 0 Å². The molecular formula is C14H24. The fourth-order valence-electron chi connectivity index (χ4n) is 3.79. The SMILES string of the molecule is C=C(C)C1CC2CCCCC2CC1C. The molecule has 2 rings (SSSR count). The van der Waals surface area contributed by atoms with Gasteiger partial charge in [-0.15, -0.1) is 0 Å². The van der Waals surface area contributed by atoms with Crippen molar-refractivity contribution < 1.29 is 0 Å². The Morgan fingerprint density at radius 2 is 1.64 bits per heavy atom. The summed E-state index contributed by atoms with van der Waals surface area (Å²) in [7, 11) is 0. The van der Waals surface area contributed by atoms with Crippen LogP contribution in [0.5, 0.6) is 0 Å². The van der Waals surface area contributed by atoms with E-state index in [4.69, 9.17) is 0 Å². The van der Waals surface area contributed by atoms with Gasteiger partial charge in [-0.2, -0.15) is 0 Å². The molecule has 0 heterocycles. The van der Waals surface area contributed by atoms with Gasteiger partial charge in [0.15, 0.2) is 0 Å². The lowest BCUT2D eigenvalue weighted by molar-refractivity contribution is 0.101. The predicted octanol–water partition coefficient (Wildman–Crippen LogP) is 4.42. The van der Waals surface area contributed by atoms with E-state index in [1.165, 1.54) is 44.1 Å². The van der Waals surface area contributed by atoms with Gasteiger partial charge in [0.25, 0.3) is 0 Å². The molecule has 2 saturated carbocycles. The van der Waals surface area contributed by atoms with E-state index in [0.717, 1.165) is 23.7 Å². The zero-order chi connectivity index (χ0) is 10.1. The van der Waals surface area contributed by atoms with Crippen LogP contribution in [0.3, 0.4) is 0 Å². The highest BCUT2D eigenvalue weighted by molar-refractivity contribution is 5.02. The molecule has 0 spiro atoms. The molecule has 4 atom stereocenters. The summed E-state index contributed by atoms with van der Waals surface area (Å²) in [5.41, 5.74) is 1.43. The smallest absolute Gasteiger partial charge is 0.0180 e. The van der Waals surface area contributed by atoms with E-state index in [9.17, 15) is 0 Å². The van der Waals surface area contributed by atoms with Gasteiger partial charge in [0.1, 0.15) is 0 Å². The van der Waals surface area contributed by atoms with Gasteiger partial charge in [0.2, 0.25) is 0 Å². The van der Waals surface area contributed by atoms with Gasteiger partial charge >= 0.3 is 0 Å². The zero-order valence-corrected chi connectivity index (χ0v) is 9.76. The third-order valence-electron chi connectivity index (χ3n) is 4.62. The summed E-state index contributed by atoms with van der Waals surface area (Å²) in [5.74, 6) is 3.83. The molecule has 0 N–H and O–H groups in total. The molecule has 0 aromatic heterocycles. The molecule has 0 nitrogen and oxygen atoms in total. The van der Waals surface area contributed by atoms with Crippen LogP contribution in [0, 0.1) is 23.7 Å². The number of fused-ring (bicyclic) bond motifs is 1. The second kappa shape index (κ2) is 4.08. The van der Waals surface area contributed by atoms with Gasteiger partial charge in [-0.3, -0.25) is 0 Å². The molecule has 0 aromatic carbocycles. The van der Waals surface area contributed by atoms with Gasteiger partial charge in [-0.1, -0.05) is 44.8 Å². The van der Waals surface area contributed by atoms with E-state index < -0.39 is 0 Å². The number of hydrogen-bond donors (Lipinski definition) is 0. The Hall–Kier alpha value is -0.260. The summed E-state index contributed by atoms with van der Waals surface area (Å²) in [5, 5.41) is 0. The fraction of sp³-hybridized carbons (Fsp3) is 0.857. The average molecular weight is 192 g/mol. The van der Waals surface area contributed by atoms with Crippen LogP contribution in [-0.4, -0.2) is 0 Å². The molecule has 4 unspecified atom stereocenters. The van der Waals surface area contributed by atoms with E-state index in [2.05, 4.69) is 20.4 Å². The molecule has 0 saturated heterocycles. The maximum Gasteiger partial charge on any atom is -0.0180 e. The van der Waals surface area contributed by atoms with Crippen molar-refractivity contribution in [1.29, 1.82) is 0 Å². The third-order valence-corrected chi connectivity index (χ3v) is 4.62. The van der Waals surface area contributed by atoms with Crippen molar-refractivity contribution in [2.75, 3.05) is 0 Å². The first-order chi connectivity index (χ1) is 6.68. The predicted molar refractivity (Wildman–Crippen MR) is 62.2 cm³/mol. The van der Waals surface area contributed by atoms with E-state index in [-0.39, 0.29) is 0 Å². The second-order valence-electron chi connectivity index (χ2n) is 5.71. The summed E-state index contributed by atoms with van der Waals surface area (Å²) in [4.78, 5) is 0. The Labute approximate surface area is 88.8 Å². The zero-order valence-electron chi connectivity index (χ0n) is 9.76. The second-order valence-corrected chi connectivity index (χ2v) is 5.71. The molecule has 2 aliphatic rings. The van der Waals surface area contributed by atoms with Gasteiger partial charge in [0, 0.05) is 0 Å². The summed E-state index contributed by atoms with van der Waals surface area (Å²) in [6.07, 6.45) is 8.91. The summed E-state index contributed by atoms with van der Waals surface area (Å²) in [6, 6.07) is 0. The van der Waals surface area contributed by atoms with Crippen molar-refractivity contribution >= 4 is 0 Å². The van der Waals surface area contributed by atoms with E-state index in [0.29, 0.717) is 0 Å². The normalized spacial score (nSPS) is 43.0. The standard InChI is InChI=1S/C14H24/c1-10(2)14-9-13-7-5-4-6-12(13)8-11(14)3/h11-14H,1,4-9H2,2-3H3. The maximum absolute atomic E-state index is 4.17. The van der Waals surface area contributed by atoms with Crippen LogP contribution in [0.25, 0.3) is 0 Å². The minimum Gasteiger partial charge on any atom is -0.0999 e. The first-order valence-electron chi connectivity index (χ1n) is 6.34. The first-order valence-corrected chi connectivity index (χ1v) is 6.34. The van der Waals surface area contributed by atoms with Crippen LogP contribution < -0.4 is 0 Å². The molecule has 0 bridgehead atoms. The van der Waals surface area contributed by atoms with Crippen molar-refractivity contribution in [2.45, 2.75) is 52.4 Å². The van der Waals surface area contributed by atoms with Crippen LogP contribution in [0.1, 0.15) is 52.4 Å². The van der Waals surface area contributed by atoms with Crippen LogP contribution in [0.15, 0.2) is 12.2 Å². The fourth-order valence-corrected chi connectivity index (χ4v) is 3.79. The molecular weight excluding hydrogens is 168 g/mol. The number of hydrogen-bond acceptors (Lipinski definition) is 0. The lowest BCUT2D eigenvalue weighted by Gasteiger charge is -2.43. The van der Waals surface area contributed by atoms with Crippen molar-refractivity contribution in [2.24, 2.45) is 23.7 Å². The van der Waals surface area contributed by atoms with Crippen LogP contribution in [0.2, 0.25) is 0 Å². The summed E-state index contributed by atoms with van der Waals surface area (Å²) in [6.45, 7) is 8.83. The molecule has 2 aliphatic carbocycles. The average Bonchev–Trinajstić information content (AvgIpc) is 2.16. The Bertz CT molecular complexity index is 216. The number of rotatable bonds is 1. The first kappa shape index (κ1) is 10.3. The molecule has 80 valence electrons. The van der Waals surface area contributed by atoms with Gasteiger partial charge in [-0.25, -0.2) is 0 Å². The lowest BCUT2D eigenvalue weighted by Crippen LogP contribution is -2.33. The topological polar surface area (TPSA) is 0 Å². The Kier molecular flexibility index (Phi) is 2.99.